The Bertz CT molecular complexity index is 701. The highest BCUT2D eigenvalue weighted by Gasteiger charge is 2.53. The molecule has 0 unspecified atom stereocenters. The standard InChI is InChI=1S/C21H23NO3/c1-2-22-18(19(23)24)15-21(20(22)25,13-16-9-5-3-6-10-16)14-17-11-7-4-8-12-17/h3-12,18H,2,13-15H2,1H3,(H,23,24)/t18-/m0/s1. The van der Waals surface area contributed by atoms with Crippen LogP contribution < -0.4 is 0 Å². The highest BCUT2D eigenvalue weighted by Crippen LogP contribution is 2.42. The third-order valence-corrected chi connectivity index (χ3v) is 5.07. The lowest BCUT2D eigenvalue weighted by Gasteiger charge is -2.28. The van der Waals surface area contributed by atoms with Gasteiger partial charge in [-0.2, -0.15) is 0 Å². The fourth-order valence-electron chi connectivity index (χ4n) is 3.93. The van der Waals surface area contributed by atoms with Gasteiger partial charge in [0, 0.05) is 6.54 Å². The maximum absolute atomic E-state index is 13.2. The van der Waals surface area contributed by atoms with E-state index in [1.807, 2.05) is 67.6 Å². The Morgan fingerprint density at radius 1 is 1.04 bits per heavy atom. The molecule has 1 N–H and O–H groups in total. The first-order valence-electron chi connectivity index (χ1n) is 8.67. The van der Waals surface area contributed by atoms with Crippen LogP contribution in [-0.2, 0) is 22.4 Å². The van der Waals surface area contributed by atoms with Crippen LogP contribution in [0.4, 0.5) is 0 Å². The van der Waals surface area contributed by atoms with Crippen molar-refractivity contribution in [1.82, 2.24) is 4.90 Å². The van der Waals surface area contributed by atoms with Gasteiger partial charge in [0.05, 0.1) is 5.41 Å². The Kier molecular flexibility index (Phi) is 4.88. The summed E-state index contributed by atoms with van der Waals surface area (Å²) in [5.74, 6) is -0.965. The van der Waals surface area contributed by atoms with E-state index in [9.17, 15) is 14.7 Å². The van der Waals surface area contributed by atoms with Gasteiger partial charge in [-0.3, -0.25) is 4.79 Å². The number of rotatable bonds is 6. The molecule has 1 atom stereocenters. The molecule has 0 spiro atoms. The van der Waals surface area contributed by atoms with Crippen molar-refractivity contribution in [3.63, 3.8) is 0 Å². The molecule has 0 bridgehead atoms. The van der Waals surface area contributed by atoms with E-state index in [2.05, 4.69) is 0 Å². The summed E-state index contributed by atoms with van der Waals surface area (Å²) in [7, 11) is 0. The van der Waals surface area contributed by atoms with E-state index in [1.165, 1.54) is 4.90 Å². The van der Waals surface area contributed by atoms with Crippen molar-refractivity contribution in [2.24, 2.45) is 5.41 Å². The number of aliphatic carboxylic acids is 1. The summed E-state index contributed by atoms with van der Waals surface area (Å²) >= 11 is 0. The molecule has 2 aromatic rings. The van der Waals surface area contributed by atoms with Gasteiger partial charge in [0.2, 0.25) is 5.91 Å². The largest absolute Gasteiger partial charge is 0.480 e. The van der Waals surface area contributed by atoms with Crippen molar-refractivity contribution >= 4 is 11.9 Å². The third-order valence-electron chi connectivity index (χ3n) is 5.07. The van der Waals surface area contributed by atoms with Gasteiger partial charge in [-0.25, -0.2) is 4.79 Å². The first-order valence-corrected chi connectivity index (χ1v) is 8.67. The van der Waals surface area contributed by atoms with Gasteiger partial charge in [-0.1, -0.05) is 60.7 Å². The molecule has 1 saturated heterocycles. The lowest BCUT2D eigenvalue weighted by Crippen LogP contribution is -2.41. The van der Waals surface area contributed by atoms with Crippen LogP contribution >= 0.6 is 0 Å². The molecule has 1 aliphatic rings. The number of carboxylic acids is 1. The fraction of sp³-hybridized carbons (Fsp3) is 0.333. The predicted molar refractivity (Wildman–Crippen MR) is 96.2 cm³/mol. The second-order valence-electron chi connectivity index (χ2n) is 6.75. The van der Waals surface area contributed by atoms with Crippen molar-refractivity contribution in [2.45, 2.75) is 32.2 Å². The van der Waals surface area contributed by atoms with Gasteiger partial charge >= 0.3 is 5.97 Å². The molecule has 0 radical (unpaired) electrons. The average Bonchev–Trinajstić information content (AvgIpc) is 2.89. The fourth-order valence-corrected chi connectivity index (χ4v) is 3.93. The van der Waals surface area contributed by atoms with Crippen LogP contribution in [0.3, 0.4) is 0 Å². The molecule has 0 aliphatic carbocycles. The highest BCUT2D eigenvalue weighted by molar-refractivity contribution is 5.92. The molecule has 4 heteroatoms. The predicted octanol–water partition coefficient (Wildman–Crippen LogP) is 3.16. The van der Waals surface area contributed by atoms with Gasteiger partial charge in [0.1, 0.15) is 6.04 Å². The van der Waals surface area contributed by atoms with Crippen molar-refractivity contribution in [3.8, 4) is 0 Å². The van der Waals surface area contributed by atoms with Crippen LogP contribution in [0, 0.1) is 5.41 Å². The molecule has 3 rings (SSSR count). The van der Waals surface area contributed by atoms with Crippen LogP contribution in [-0.4, -0.2) is 34.5 Å². The lowest BCUT2D eigenvalue weighted by atomic mass is 9.74. The Morgan fingerprint density at radius 2 is 1.52 bits per heavy atom. The molecular formula is C21H23NO3. The van der Waals surface area contributed by atoms with Gasteiger partial charge in [0.15, 0.2) is 0 Å². The summed E-state index contributed by atoms with van der Waals surface area (Å²) in [5.41, 5.74) is 1.42. The second kappa shape index (κ2) is 7.09. The molecule has 25 heavy (non-hydrogen) atoms. The Labute approximate surface area is 148 Å². The summed E-state index contributed by atoms with van der Waals surface area (Å²) in [4.78, 5) is 26.5. The number of likely N-dealkylation sites (N-methyl/N-ethyl adjacent to an activating group) is 1. The van der Waals surface area contributed by atoms with Crippen LogP contribution in [0.25, 0.3) is 0 Å². The first kappa shape index (κ1) is 17.2. The number of nitrogens with zero attached hydrogens (tertiary/aromatic N) is 1. The minimum atomic E-state index is -0.918. The Balaban J connectivity index is 2.00. The van der Waals surface area contributed by atoms with E-state index in [0.717, 1.165) is 11.1 Å². The van der Waals surface area contributed by atoms with Crippen LogP contribution in [0.1, 0.15) is 24.5 Å². The lowest BCUT2D eigenvalue weighted by molar-refractivity contribution is -0.147. The molecular weight excluding hydrogens is 314 g/mol. The zero-order valence-corrected chi connectivity index (χ0v) is 14.4. The van der Waals surface area contributed by atoms with Crippen molar-refractivity contribution < 1.29 is 14.7 Å². The zero-order chi connectivity index (χ0) is 17.9. The summed E-state index contributed by atoms with van der Waals surface area (Å²) in [5, 5.41) is 9.60. The summed E-state index contributed by atoms with van der Waals surface area (Å²) in [6.07, 6.45) is 1.46. The van der Waals surface area contributed by atoms with E-state index in [1.54, 1.807) is 0 Å². The van der Waals surface area contributed by atoms with Crippen LogP contribution in [0.2, 0.25) is 0 Å². The number of amides is 1. The summed E-state index contributed by atoms with van der Waals surface area (Å²) < 4.78 is 0. The third kappa shape index (κ3) is 3.43. The molecule has 4 nitrogen and oxygen atoms in total. The van der Waals surface area contributed by atoms with Crippen molar-refractivity contribution in [3.05, 3.63) is 71.8 Å². The molecule has 1 aliphatic heterocycles. The van der Waals surface area contributed by atoms with E-state index in [-0.39, 0.29) is 5.91 Å². The number of benzene rings is 2. The monoisotopic (exact) mass is 337 g/mol. The van der Waals surface area contributed by atoms with Gasteiger partial charge in [-0.15, -0.1) is 0 Å². The number of carboxylic acid groups (broad SMARTS) is 1. The number of carbonyl (C=O) groups excluding carboxylic acids is 1. The van der Waals surface area contributed by atoms with E-state index in [0.29, 0.717) is 25.8 Å². The molecule has 1 fully saturated rings. The van der Waals surface area contributed by atoms with Gasteiger partial charge < -0.3 is 10.0 Å². The van der Waals surface area contributed by atoms with E-state index in [4.69, 9.17) is 0 Å². The van der Waals surface area contributed by atoms with Crippen LogP contribution in [0.5, 0.6) is 0 Å². The van der Waals surface area contributed by atoms with Crippen molar-refractivity contribution in [2.75, 3.05) is 6.54 Å². The zero-order valence-electron chi connectivity index (χ0n) is 14.4. The van der Waals surface area contributed by atoms with Gasteiger partial charge in [-0.05, 0) is 37.3 Å². The van der Waals surface area contributed by atoms with Crippen LogP contribution in [0.15, 0.2) is 60.7 Å². The minimum absolute atomic E-state index is 0.0462. The maximum atomic E-state index is 13.2. The summed E-state index contributed by atoms with van der Waals surface area (Å²) in [6.45, 7) is 2.26. The molecule has 130 valence electrons. The highest BCUT2D eigenvalue weighted by atomic mass is 16.4. The quantitative estimate of drug-likeness (QED) is 0.881. The maximum Gasteiger partial charge on any atom is 0.326 e. The Morgan fingerprint density at radius 3 is 1.88 bits per heavy atom. The second-order valence-corrected chi connectivity index (χ2v) is 6.75. The SMILES string of the molecule is CCN1C(=O)C(Cc2ccccc2)(Cc2ccccc2)C[C@H]1C(=O)O. The number of likely N-dealkylation sites (tertiary alicyclic amines) is 1. The molecule has 1 heterocycles. The smallest absolute Gasteiger partial charge is 0.326 e. The molecule has 2 aromatic carbocycles. The molecule has 1 amide bonds. The number of carbonyl (C=O) groups is 2. The van der Waals surface area contributed by atoms with Crippen molar-refractivity contribution in [1.29, 1.82) is 0 Å². The molecule has 0 aromatic heterocycles. The van der Waals surface area contributed by atoms with Gasteiger partial charge in [0.25, 0.3) is 0 Å². The topological polar surface area (TPSA) is 57.6 Å². The normalized spacial score (nSPS) is 19.2. The average molecular weight is 337 g/mol. The molecule has 0 saturated carbocycles. The first-order chi connectivity index (χ1) is 12.1. The number of hydrogen-bond acceptors (Lipinski definition) is 2. The van der Waals surface area contributed by atoms with E-state index >= 15 is 0 Å². The Hall–Kier alpha value is -2.62. The number of hydrogen-bond donors (Lipinski definition) is 1. The summed E-state index contributed by atoms with van der Waals surface area (Å²) in [6, 6.07) is 19.0. The van der Waals surface area contributed by atoms with E-state index < -0.39 is 17.4 Å². The minimum Gasteiger partial charge on any atom is -0.480 e.